The quantitative estimate of drug-likeness (QED) is 0.374. The molecule has 0 N–H and O–H groups in total. The molecule has 4 aromatic rings. The summed E-state index contributed by atoms with van der Waals surface area (Å²) in [5, 5.41) is 8.61. The molecule has 2 heterocycles. The zero-order valence-electron chi connectivity index (χ0n) is 23.0. The van der Waals surface area contributed by atoms with E-state index in [-0.39, 0.29) is 11.8 Å². The summed E-state index contributed by atoms with van der Waals surface area (Å²) in [6.07, 6.45) is 0.574. The van der Waals surface area contributed by atoms with Crippen molar-refractivity contribution in [2.45, 2.75) is 33.4 Å². The number of rotatable bonds is 4. The van der Waals surface area contributed by atoms with Gasteiger partial charge in [0.05, 0.1) is 24.5 Å². The lowest BCUT2D eigenvalue weighted by Gasteiger charge is -2.24. The number of para-hydroxylation sites is 3. The maximum absolute atomic E-state index is 13.9. The average molecular weight is 540 g/mol. The van der Waals surface area contributed by atoms with E-state index in [9.17, 15) is 9.59 Å². The van der Waals surface area contributed by atoms with Crippen molar-refractivity contribution >= 4 is 11.8 Å². The molecular formula is C31H33N5O4. The number of hydrogen-bond acceptors (Lipinski definition) is 6. The SMILES string of the molecule is CCOc1ccccc1-n1nnc(C(=O)N2CCCOc3ccccc3C(=O)N(C)Cc3cccc(c3)C2)c1C. The lowest BCUT2D eigenvalue weighted by atomic mass is 10.1. The molecule has 1 aromatic heterocycles. The first-order chi connectivity index (χ1) is 19.5. The molecule has 9 nitrogen and oxygen atoms in total. The van der Waals surface area contributed by atoms with Gasteiger partial charge in [-0.05, 0) is 55.7 Å². The average Bonchev–Trinajstić information content (AvgIpc) is 3.35. The number of nitrogens with zero attached hydrogens (tertiary/aromatic N) is 5. The van der Waals surface area contributed by atoms with Crippen LogP contribution in [0.25, 0.3) is 5.69 Å². The molecule has 0 atom stereocenters. The lowest BCUT2D eigenvalue weighted by molar-refractivity contribution is 0.0726. The van der Waals surface area contributed by atoms with Crippen molar-refractivity contribution in [1.29, 1.82) is 0 Å². The second kappa shape index (κ2) is 12.0. The van der Waals surface area contributed by atoms with Crippen molar-refractivity contribution in [3.8, 4) is 17.2 Å². The molecule has 0 spiro atoms. The van der Waals surface area contributed by atoms with Gasteiger partial charge in [-0.3, -0.25) is 9.59 Å². The van der Waals surface area contributed by atoms with Gasteiger partial charge in [0.15, 0.2) is 5.69 Å². The first-order valence-electron chi connectivity index (χ1n) is 13.4. The highest BCUT2D eigenvalue weighted by Crippen LogP contribution is 2.25. The standard InChI is InChI=1S/C31H33N5O4/c1-4-39-28-16-8-6-14-26(28)36-22(2)29(32-33-36)31(38)35-17-10-18-40-27-15-7-5-13-25(27)30(37)34(3)20-23-11-9-12-24(19-23)21-35/h5-9,11-16,19H,4,10,17-18,20-21H2,1-3H3. The van der Waals surface area contributed by atoms with Crippen LogP contribution >= 0.6 is 0 Å². The summed E-state index contributed by atoms with van der Waals surface area (Å²) in [6, 6.07) is 22.8. The summed E-state index contributed by atoms with van der Waals surface area (Å²) in [7, 11) is 1.78. The van der Waals surface area contributed by atoms with Gasteiger partial charge < -0.3 is 19.3 Å². The molecule has 0 unspecified atom stereocenters. The van der Waals surface area contributed by atoms with E-state index in [0.29, 0.717) is 67.7 Å². The van der Waals surface area contributed by atoms with Gasteiger partial charge in [0.25, 0.3) is 11.8 Å². The van der Waals surface area contributed by atoms with Crippen molar-refractivity contribution in [3.63, 3.8) is 0 Å². The van der Waals surface area contributed by atoms with Crippen LogP contribution in [0.4, 0.5) is 0 Å². The highest BCUT2D eigenvalue weighted by molar-refractivity contribution is 5.96. The van der Waals surface area contributed by atoms with Gasteiger partial charge >= 0.3 is 0 Å². The summed E-state index contributed by atoms with van der Waals surface area (Å²) in [6.45, 7) is 5.90. The monoisotopic (exact) mass is 539 g/mol. The molecule has 0 saturated carbocycles. The molecule has 0 radical (unpaired) electrons. The van der Waals surface area contributed by atoms with Crippen molar-refractivity contribution in [2.24, 2.45) is 0 Å². The summed E-state index contributed by atoms with van der Waals surface area (Å²) < 4.78 is 13.4. The largest absolute Gasteiger partial charge is 0.493 e. The molecule has 0 fully saturated rings. The second-order valence-electron chi connectivity index (χ2n) is 9.74. The highest BCUT2D eigenvalue weighted by Gasteiger charge is 2.25. The van der Waals surface area contributed by atoms with Crippen LogP contribution in [0.1, 0.15) is 51.0 Å². The van der Waals surface area contributed by atoms with Crippen LogP contribution in [0.2, 0.25) is 0 Å². The van der Waals surface area contributed by atoms with E-state index in [1.807, 2.05) is 74.5 Å². The summed E-state index contributed by atoms with van der Waals surface area (Å²) in [4.78, 5) is 30.5. The Morgan fingerprint density at radius 3 is 2.58 bits per heavy atom. The number of ether oxygens (including phenoxy) is 2. The van der Waals surface area contributed by atoms with E-state index in [4.69, 9.17) is 9.47 Å². The van der Waals surface area contributed by atoms with Crippen molar-refractivity contribution in [1.82, 2.24) is 24.8 Å². The summed E-state index contributed by atoms with van der Waals surface area (Å²) in [5.74, 6) is 0.907. The summed E-state index contributed by atoms with van der Waals surface area (Å²) >= 11 is 0. The minimum atomic E-state index is -0.206. The number of carbonyl (C=O) groups excluding carboxylic acids is 2. The first-order valence-corrected chi connectivity index (χ1v) is 13.4. The van der Waals surface area contributed by atoms with E-state index in [1.54, 1.807) is 33.7 Å². The Hall–Kier alpha value is -4.66. The van der Waals surface area contributed by atoms with Crippen LogP contribution in [0.3, 0.4) is 0 Å². The summed E-state index contributed by atoms with van der Waals surface area (Å²) in [5.41, 5.74) is 4.12. The van der Waals surface area contributed by atoms with Crippen molar-refractivity contribution < 1.29 is 19.1 Å². The molecule has 2 bridgehead atoms. The van der Waals surface area contributed by atoms with Gasteiger partial charge in [-0.25, -0.2) is 4.68 Å². The normalized spacial score (nSPS) is 14.2. The van der Waals surface area contributed by atoms with E-state index in [0.717, 1.165) is 16.8 Å². The Morgan fingerprint density at radius 1 is 1.00 bits per heavy atom. The maximum Gasteiger partial charge on any atom is 0.276 e. The van der Waals surface area contributed by atoms with Gasteiger partial charge in [-0.2, -0.15) is 0 Å². The number of fused-ring (bicyclic) bond motifs is 3. The van der Waals surface area contributed by atoms with Gasteiger partial charge in [0.2, 0.25) is 0 Å². The van der Waals surface area contributed by atoms with Crippen molar-refractivity contribution in [3.05, 3.63) is 101 Å². The van der Waals surface area contributed by atoms with Crippen LogP contribution in [0.15, 0.2) is 72.8 Å². The van der Waals surface area contributed by atoms with Crippen LogP contribution in [0, 0.1) is 6.92 Å². The number of benzene rings is 3. The molecular weight excluding hydrogens is 506 g/mol. The van der Waals surface area contributed by atoms with Gasteiger partial charge in [-0.15, -0.1) is 5.10 Å². The van der Waals surface area contributed by atoms with Gasteiger partial charge in [0.1, 0.15) is 17.2 Å². The molecule has 1 aliphatic rings. The third-order valence-corrected chi connectivity index (χ3v) is 6.86. The molecule has 9 heteroatoms. The third-order valence-electron chi connectivity index (χ3n) is 6.86. The minimum Gasteiger partial charge on any atom is -0.493 e. The predicted molar refractivity (Wildman–Crippen MR) is 151 cm³/mol. The zero-order chi connectivity index (χ0) is 28.1. The molecule has 0 aliphatic carbocycles. The number of hydrogen-bond donors (Lipinski definition) is 0. The van der Waals surface area contributed by atoms with Crippen LogP contribution in [-0.4, -0.2) is 63.4 Å². The Morgan fingerprint density at radius 2 is 1.75 bits per heavy atom. The Labute approximate surface area is 233 Å². The Bertz CT molecular complexity index is 1520. The van der Waals surface area contributed by atoms with E-state index in [2.05, 4.69) is 10.3 Å². The van der Waals surface area contributed by atoms with Crippen molar-refractivity contribution in [2.75, 3.05) is 26.8 Å². The van der Waals surface area contributed by atoms with E-state index in [1.165, 1.54) is 0 Å². The minimum absolute atomic E-state index is 0.0978. The molecule has 40 heavy (non-hydrogen) atoms. The van der Waals surface area contributed by atoms with E-state index < -0.39 is 0 Å². The fourth-order valence-electron chi connectivity index (χ4n) is 4.87. The molecule has 5 rings (SSSR count). The Kier molecular flexibility index (Phi) is 8.10. The van der Waals surface area contributed by atoms with Crippen LogP contribution < -0.4 is 9.47 Å². The van der Waals surface area contributed by atoms with Crippen LogP contribution in [-0.2, 0) is 13.1 Å². The zero-order valence-corrected chi connectivity index (χ0v) is 23.0. The van der Waals surface area contributed by atoms with Gasteiger partial charge in [0, 0.05) is 26.7 Å². The molecule has 1 aliphatic heterocycles. The highest BCUT2D eigenvalue weighted by atomic mass is 16.5. The third kappa shape index (κ3) is 5.68. The first kappa shape index (κ1) is 26.9. The Balaban J connectivity index is 1.45. The topological polar surface area (TPSA) is 89.8 Å². The predicted octanol–water partition coefficient (Wildman–Crippen LogP) is 4.67. The smallest absolute Gasteiger partial charge is 0.276 e. The number of amides is 2. The molecule has 0 saturated heterocycles. The molecule has 2 amide bonds. The molecule has 3 aromatic carbocycles. The molecule has 206 valence electrons. The number of aromatic nitrogens is 3. The fourth-order valence-corrected chi connectivity index (χ4v) is 4.87. The van der Waals surface area contributed by atoms with E-state index >= 15 is 0 Å². The maximum atomic E-state index is 13.9. The lowest BCUT2D eigenvalue weighted by Crippen LogP contribution is -2.33. The fraction of sp³-hybridized carbons (Fsp3) is 0.290. The number of carbonyl (C=O) groups is 2. The van der Waals surface area contributed by atoms with Crippen LogP contribution in [0.5, 0.6) is 11.5 Å². The second-order valence-corrected chi connectivity index (χ2v) is 9.74. The van der Waals surface area contributed by atoms with Gasteiger partial charge in [-0.1, -0.05) is 53.7 Å².